The summed E-state index contributed by atoms with van der Waals surface area (Å²) in [5, 5.41) is 5.87. The number of nitrogens with one attached hydrogen (secondary N) is 1. The van der Waals surface area contributed by atoms with Crippen molar-refractivity contribution in [2.24, 2.45) is 0 Å². The average molecular weight is 226 g/mol. The van der Waals surface area contributed by atoms with Crippen molar-refractivity contribution in [2.45, 2.75) is 0 Å². The van der Waals surface area contributed by atoms with Crippen LogP contribution in [0.3, 0.4) is 0 Å². The molecule has 0 amide bonds. The summed E-state index contributed by atoms with van der Waals surface area (Å²) in [6.07, 6.45) is 1.22. The molecule has 0 atom stereocenters. The topological polar surface area (TPSA) is 58.6 Å². The number of carbonyl (C=O) groups excluding carboxylic acids is 1. The molecular weight excluding hydrogens is 221 g/mol. The van der Waals surface area contributed by atoms with Crippen molar-refractivity contribution < 1.29 is 9.18 Å². The van der Waals surface area contributed by atoms with E-state index in [9.17, 15) is 9.18 Å². The summed E-state index contributed by atoms with van der Waals surface area (Å²) in [5.41, 5.74) is 0.262. The van der Waals surface area contributed by atoms with Crippen molar-refractivity contribution >= 4 is 17.4 Å². The van der Waals surface area contributed by atoms with E-state index in [4.69, 9.17) is 11.6 Å². The number of benzene rings is 1. The number of carbonyl (C=O) groups is 1. The third-order valence-electron chi connectivity index (χ3n) is 1.81. The number of aromatic amines is 1. The van der Waals surface area contributed by atoms with Crippen LogP contribution in [0.1, 0.15) is 16.2 Å². The van der Waals surface area contributed by atoms with Gasteiger partial charge < -0.3 is 0 Å². The van der Waals surface area contributed by atoms with Gasteiger partial charge in [0.25, 0.3) is 0 Å². The molecule has 0 aliphatic rings. The highest BCUT2D eigenvalue weighted by Gasteiger charge is 2.13. The highest BCUT2D eigenvalue weighted by molar-refractivity contribution is 6.31. The molecule has 1 N–H and O–H groups in total. The summed E-state index contributed by atoms with van der Waals surface area (Å²) in [4.78, 5) is 15.3. The zero-order valence-electron chi connectivity index (χ0n) is 7.37. The van der Waals surface area contributed by atoms with E-state index in [-0.39, 0.29) is 22.2 Å². The fraction of sp³-hybridized carbons (Fsp3) is 0. The van der Waals surface area contributed by atoms with Gasteiger partial charge in [0.1, 0.15) is 12.1 Å². The van der Waals surface area contributed by atoms with E-state index in [1.54, 1.807) is 0 Å². The summed E-state index contributed by atoms with van der Waals surface area (Å²) in [7, 11) is 0. The fourth-order valence-electron chi connectivity index (χ4n) is 1.09. The van der Waals surface area contributed by atoms with Crippen molar-refractivity contribution in [1.82, 2.24) is 15.2 Å². The van der Waals surface area contributed by atoms with Gasteiger partial charge in [-0.1, -0.05) is 11.6 Å². The molecule has 0 aliphatic heterocycles. The van der Waals surface area contributed by atoms with Crippen molar-refractivity contribution in [3.05, 3.63) is 46.8 Å². The lowest BCUT2D eigenvalue weighted by atomic mass is 10.1. The molecule has 6 heteroatoms. The number of halogens is 2. The van der Waals surface area contributed by atoms with Gasteiger partial charge in [-0.3, -0.25) is 9.89 Å². The monoisotopic (exact) mass is 225 g/mol. The molecule has 0 saturated carbocycles. The molecule has 0 spiro atoms. The minimum absolute atomic E-state index is 0.0951. The Balaban J connectivity index is 2.39. The zero-order chi connectivity index (χ0) is 10.8. The van der Waals surface area contributed by atoms with Gasteiger partial charge in [-0.2, -0.15) is 5.10 Å². The first-order valence-electron chi connectivity index (χ1n) is 4.03. The molecule has 2 aromatic rings. The van der Waals surface area contributed by atoms with Crippen molar-refractivity contribution in [3.63, 3.8) is 0 Å². The van der Waals surface area contributed by atoms with E-state index in [2.05, 4.69) is 15.2 Å². The van der Waals surface area contributed by atoms with Crippen molar-refractivity contribution in [1.29, 1.82) is 0 Å². The molecule has 1 aromatic carbocycles. The van der Waals surface area contributed by atoms with Crippen LogP contribution in [-0.2, 0) is 0 Å². The molecule has 15 heavy (non-hydrogen) atoms. The Labute approximate surface area is 89.1 Å². The molecule has 0 aliphatic carbocycles. The summed E-state index contributed by atoms with van der Waals surface area (Å²) in [5.74, 6) is -0.849. The number of ketones is 1. The predicted octanol–water partition coefficient (Wildman–Crippen LogP) is 1.83. The minimum atomic E-state index is -0.564. The molecule has 0 fully saturated rings. The normalized spacial score (nSPS) is 10.3. The summed E-state index contributed by atoms with van der Waals surface area (Å²) in [6, 6.07) is 3.72. The Kier molecular flexibility index (Phi) is 2.47. The first-order valence-corrected chi connectivity index (χ1v) is 4.41. The van der Waals surface area contributed by atoms with Gasteiger partial charge in [0.15, 0.2) is 5.82 Å². The Morgan fingerprint density at radius 1 is 1.47 bits per heavy atom. The van der Waals surface area contributed by atoms with Crippen molar-refractivity contribution in [2.75, 3.05) is 0 Å². The molecule has 1 heterocycles. The number of rotatable bonds is 2. The third-order valence-corrected chi connectivity index (χ3v) is 2.10. The lowest BCUT2D eigenvalue weighted by Crippen LogP contribution is -2.04. The van der Waals surface area contributed by atoms with Crippen LogP contribution in [0, 0.1) is 5.82 Å². The van der Waals surface area contributed by atoms with Gasteiger partial charge in [0, 0.05) is 5.56 Å². The van der Waals surface area contributed by atoms with Gasteiger partial charge in [-0.25, -0.2) is 9.37 Å². The minimum Gasteiger partial charge on any atom is -0.285 e. The summed E-state index contributed by atoms with van der Waals surface area (Å²) in [6.45, 7) is 0. The van der Waals surface area contributed by atoms with Gasteiger partial charge in [0.05, 0.1) is 5.02 Å². The van der Waals surface area contributed by atoms with Crippen LogP contribution >= 0.6 is 11.6 Å². The maximum Gasteiger partial charge on any atom is 0.229 e. The maximum atomic E-state index is 12.8. The fourth-order valence-corrected chi connectivity index (χ4v) is 1.27. The highest BCUT2D eigenvalue weighted by atomic mass is 35.5. The van der Waals surface area contributed by atoms with Crippen molar-refractivity contribution in [3.8, 4) is 0 Å². The quantitative estimate of drug-likeness (QED) is 0.794. The van der Waals surface area contributed by atoms with E-state index in [1.165, 1.54) is 18.5 Å². The lowest BCUT2D eigenvalue weighted by Gasteiger charge is -1.98. The van der Waals surface area contributed by atoms with Crippen LogP contribution in [0.25, 0.3) is 0 Å². The highest BCUT2D eigenvalue weighted by Crippen LogP contribution is 2.17. The number of hydrogen-bond acceptors (Lipinski definition) is 3. The first kappa shape index (κ1) is 9.79. The van der Waals surface area contributed by atoms with Crippen LogP contribution in [0.2, 0.25) is 5.02 Å². The van der Waals surface area contributed by atoms with Crippen LogP contribution in [0.4, 0.5) is 4.39 Å². The van der Waals surface area contributed by atoms with Crippen LogP contribution in [0.15, 0.2) is 24.5 Å². The van der Waals surface area contributed by atoms with Gasteiger partial charge in [0.2, 0.25) is 5.78 Å². The van der Waals surface area contributed by atoms with E-state index in [1.807, 2.05) is 0 Å². The summed E-state index contributed by atoms with van der Waals surface area (Å²) >= 11 is 5.55. The van der Waals surface area contributed by atoms with Gasteiger partial charge in [-0.05, 0) is 18.2 Å². The average Bonchev–Trinajstić information content (AvgIpc) is 2.74. The second-order valence-corrected chi connectivity index (χ2v) is 3.20. The molecule has 0 bridgehead atoms. The smallest absolute Gasteiger partial charge is 0.229 e. The SMILES string of the molecule is O=C(c1ccc(F)c(Cl)c1)c1ncn[nH]1. The van der Waals surface area contributed by atoms with E-state index in [0.717, 1.165) is 6.07 Å². The molecule has 1 aromatic heterocycles. The standard InChI is InChI=1S/C9H5ClFN3O/c10-6-3-5(1-2-7(6)11)8(15)9-12-4-13-14-9/h1-4H,(H,12,13,14). The Hall–Kier alpha value is -1.75. The number of nitrogens with zero attached hydrogens (tertiary/aromatic N) is 2. The molecule has 76 valence electrons. The molecule has 0 unspecified atom stereocenters. The van der Waals surface area contributed by atoms with Crippen LogP contribution in [0.5, 0.6) is 0 Å². The van der Waals surface area contributed by atoms with Gasteiger partial charge in [-0.15, -0.1) is 0 Å². The first-order chi connectivity index (χ1) is 7.18. The summed E-state index contributed by atoms with van der Waals surface area (Å²) < 4.78 is 12.8. The molecular formula is C9H5ClFN3O. The third kappa shape index (κ3) is 1.87. The van der Waals surface area contributed by atoms with E-state index >= 15 is 0 Å². The molecule has 0 radical (unpaired) electrons. The van der Waals surface area contributed by atoms with E-state index in [0.29, 0.717) is 0 Å². The largest absolute Gasteiger partial charge is 0.285 e. The number of aromatic nitrogens is 3. The van der Waals surface area contributed by atoms with Crippen LogP contribution < -0.4 is 0 Å². The predicted molar refractivity (Wildman–Crippen MR) is 51.2 cm³/mol. The Morgan fingerprint density at radius 3 is 2.87 bits per heavy atom. The molecule has 2 rings (SSSR count). The number of H-pyrrole nitrogens is 1. The maximum absolute atomic E-state index is 12.8. The second kappa shape index (κ2) is 3.78. The molecule has 4 nitrogen and oxygen atoms in total. The Morgan fingerprint density at radius 2 is 2.27 bits per heavy atom. The second-order valence-electron chi connectivity index (χ2n) is 2.79. The number of hydrogen-bond donors (Lipinski definition) is 1. The van der Waals surface area contributed by atoms with E-state index < -0.39 is 5.82 Å². The van der Waals surface area contributed by atoms with Gasteiger partial charge >= 0.3 is 0 Å². The van der Waals surface area contributed by atoms with Crippen LogP contribution in [-0.4, -0.2) is 21.0 Å². The molecule has 0 saturated heterocycles. The lowest BCUT2D eigenvalue weighted by molar-refractivity contribution is 0.103. The Bertz CT molecular complexity index is 498. The zero-order valence-corrected chi connectivity index (χ0v) is 8.12.